The van der Waals surface area contributed by atoms with Crippen LogP contribution in [0.5, 0.6) is 0 Å². The Morgan fingerprint density at radius 2 is 1.81 bits per heavy atom. The third-order valence-corrected chi connectivity index (χ3v) is 7.71. The van der Waals surface area contributed by atoms with Crippen LogP contribution in [0.2, 0.25) is 5.02 Å². The Hall–Kier alpha value is -4.48. The van der Waals surface area contributed by atoms with E-state index in [1.807, 2.05) is 24.3 Å². The van der Waals surface area contributed by atoms with Crippen LogP contribution in [0.3, 0.4) is 0 Å². The predicted molar refractivity (Wildman–Crippen MR) is 164 cm³/mol. The molecule has 2 aromatic heterocycles. The van der Waals surface area contributed by atoms with Gasteiger partial charge < -0.3 is 10.6 Å². The Morgan fingerprint density at radius 1 is 1.07 bits per heavy atom. The molecule has 3 aromatic carbocycles. The van der Waals surface area contributed by atoms with E-state index in [0.29, 0.717) is 44.1 Å². The summed E-state index contributed by atoms with van der Waals surface area (Å²) in [6, 6.07) is 20.2. The third-order valence-electron chi connectivity index (χ3n) is 7.42. The van der Waals surface area contributed by atoms with Crippen LogP contribution in [0.4, 0.5) is 15.8 Å². The van der Waals surface area contributed by atoms with Crippen LogP contribution in [0.15, 0.2) is 79.1 Å². The highest BCUT2D eigenvalue weighted by Gasteiger charge is 2.29. The first-order chi connectivity index (χ1) is 20.6. The van der Waals surface area contributed by atoms with Crippen molar-refractivity contribution in [1.29, 1.82) is 5.26 Å². The van der Waals surface area contributed by atoms with Crippen molar-refractivity contribution in [3.8, 4) is 6.07 Å². The van der Waals surface area contributed by atoms with Gasteiger partial charge in [0.25, 0.3) is 0 Å². The first kappa shape index (κ1) is 26.4. The number of nitrogens with one attached hydrogen (secondary N) is 2. The Morgan fingerprint density at radius 3 is 2.48 bits per heavy atom. The molecule has 9 heteroatoms. The van der Waals surface area contributed by atoms with Gasteiger partial charge in [-0.2, -0.15) is 5.26 Å². The molecule has 7 nitrogen and oxygen atoms in total. The van der Waals surface area contributed by atoms with Gasteiger partial charge in [-0.05, 0) is 53.6 Å². The molecule has 1 aliphatic carbocycles. The number of fused-ring (bicyclic) bond motifs is 1. The second-order valence-corrected chi connectivity index (χ2v) is 12.1. The average molecular weight is 581 g/mol. The topological polar surface area (TPSA) is 91.5 Å². The summed E-state index contributed by atoms with van der Waals surface area (Å²) in [5.41, 5.74) is 3.69. The minimum Gasteiger partial charge on any atom is -0.376 e. The van der Waals surface area contributed by atoms with Gasteiger partial charge in [0, 0.05) is 17.3 Å². The molecule has 1 unspecified atom stereocenters. The zero-order valence-corrected chi connectivity index (χ0v) is 24.3. The molecule has 0 bridgehead atoms. The molecule has 1 saturated carbocycles. The maximum Gasteiger partial charge on any atom is 0.123 e. The summed E-state index contributed by atoms with van der Waals surface area (Å²) in [6.07, 6.45) is 5.32. The maximum absolute atomic E-state index is 13.9. The fraction of sp³-hybridized carbons (Fsp3) is 0.273. The highest BCUT2D eigenvalue weighted by molar-refractivity contribution is 6.35. The van der Waals surface area contributed by atoms with Crippen LogP contribution < -0.4 is 10.6 Å². The standard InChI is InChI=1S/C33H31ClFN7/c1-33(2,3)32(21-7-5-4-6-8-21)39-29-22(17-36)18-37-31-26(29)15-24(16-27(31)34)38-30(20-9-11-23(35)12-10-20)28-19-42(41-40-28)25-13-14-25/h4-12,15-16,18-19,25,30,32,38H,13-14H2,1-3H3,(H,37,39)/t30-,32?/m1/s1/i30D. The van der Waals surface area contributed by atoms with E-state index in [1.165, 1.54) is 18.3 Å². The van der Waals surface area contributed by atoms with Crippen molar-refractivity contribution in [2.75, 3.05) is 10.6 Å². The number of nitriles is 1. The van der Waals surface area contributed by atoms with Gasteiger partial charge in [0.15, 0.2) is 0 Å². The molecule has 6 rings (SSSR count). The fourth-order valence-electron chi connectivity index (χ4n) is 5.12. The Labute approximate surface area is 250 Å². The van der Waals surface area contributed by atoms with Crippen LogP contribution in [-0.4, -0.2) is 20.0 Å². The molecule has 5 aromatic rings. The minimum atomic E-state index is -1.62. The zero-order chi connectivity index (χ0) is 30.4. The lowest BCUT2D eigenvalue weighted by molar-refractivity contribution is 0.347. The molecule has 2 heterocycles. The summed E-state index contributed by atoms with van der Waals surface area (Å²) >= 11 is 6.81. The lowest BCUT2D eigenvalue weighted by Gasteiger charge is -2.33. The molecule has 2 N–H and O–H groups in total. The second kappa shape index (κ2) is 11.1. The fourth-order valence-corrected chi connectivity index (χ4v) is 5.38. The number of anilines is 2. The van der Waals surface area contributed by atoms with E-state index in [-0.39, 0.29) is 17.5 Å². The number of aromatic nitrogens is 4. The van der Waals surface area contributed by atoms with E-state index in [0.717, 1.165) is 18.4 Å². The van der Waals surface area contributed by atoms with E-state index in [9.17, 15) is 11.0 Å². The van der Waals surface area contributed by atoms with Crippen LogP contribution >= 0.6 is 11.6 Å². The molecule has 0 amide bonds. The normalized spacial score (nSPS) is 15.9. The van der Waals surface area contributed by atoms with Crippen LogP contribution in [0.1, 0.15) is 75.5 Å². The molecule has 0 radical (unpaired) electrons. The van der Waals surface area contributed by atoms with Crippen LogP contribution in [0.25, 0.3) is 10.9 Å². The minimum absolute atomic E-state index is 0.145. The van der Waals surface area contributed by atoms with Crippen molar-refractivity contribution in [2.24, 2.45) is 5.41 Å². The van der Waals surface area contributed by atoms with Crippen molar-refractivity contribution in [3.05, 3.63) is 112 Å². The molecule has 212 valence electrons. The van der Waals surface area contributed by atoms with Crippen molar-refractivity contribution in [3.63, 3.8) is 0 Å². The Bertz CT molecular complexity index is 1830. The summed E-state index contributed by atoms with van der Waals surface area (Å²) in [5.74, 6) is -0.404. The SMILES string of the molecule is [2H][C@@](Nc1cc(Cl)c2ncc(C#N)c(NC(c3ccccc3)C(C)(C)C)c2c1)(c1ccc(F)cc1)c1cn(C2CC2)nn1. The number of hydrogen-bond acceptors (Lipinski definition) is 6. The van der Waals surface area contributed by atoms with Crippen molar-refractivity contribution >= 4 is 33.9 Å². The monoisotopic (exact) mass is 580 g/mol. The van der Waals surface area contributed by atoms with E-state index in [1.54, 1.807) is 29.1 Å². The number of pyridine rings is 1. The summed E-state index contributed by atoms with van der Waals surface area (Å²) < 4.78 is 25.3. The van der Waals surface area contributed by atoms with Crippen LogP contribution in [-0.2, 0) is 0 Å². The lowest BCUT2D eigenvalue weighted by atomic mass is 9.82. The Balaban J connectivity index is 1.48. The number of benzene rings is 3. The highest BCUT2D eigenvalue weighted by atomic mass is 35.5. The first-order valence-corrected chi connectivity index (χ1v) is 14.2. The molecule has 0 saturated heterocycles. The van der Waals surface area contributed by atoms with E-state index < -0.39 is 11.8 Å². The average Bonchev–Trinajstić information content (AvgIpc) is 3.71. The molecule has 0 aliphatic heterocycles. The smallest absolute Gasteiger partial charge is 0.123 e. The van der Waals surface area contributed by atoms with Crippen molar-refractivity contribution in [2.45, 2.75) is 51.7 Å². The second-order valence-electron chi connectivity index (χ2n) is 11.7. The van der Waals surface area contributed by atoms with Crippen LogP contribution in [0, 0.1) is 22.6 Å². The third kappa shape index (κ3) is 5.65. The predicted octanol–water partition coefficient (Wildman–Crippen LogP) is 8.23. The lowest BCUT2D eigenvalue weighted by Crippen LogP contribution is -2.26. The number of rotatable bonds is 8. The highest BCUT2D eigenvalue weighted by Crippen LogP contribution is 2.41. The largest absolute Gasteiger partial charge is 0.376 e. The van der Waals surface area contributed by atoms with Gasteiger partial charge in [-0.25, -0.2) is 9.07 Å². The number of hydrogen-bond donors (Lipinski definition) is 2. The van der Waals surface area contributed by atoms with E-state index >= 15 is 0 Å². The molecular weight excluding hydrogens is 549 g/mol. The summed E-state index contributed by atoms with van der Waals surface area (Å²) in [6.45, 7) is 6.41. The van der Waals surface area contributed by atoms with Gasteiger partial charge >= 0.3 is 0 Å². The molecule has 2 atom stereocenters. The Kier molecular flexibility index (Phi) is 6.96. The summed E-state index contributed by atoms with van der Waals surface area (Å²) in [7, 11) is 0. The number of nitrogens with zero attached hydrogens (tertiary/aromatic N) is 5. The van der Waals surface area contributed by atoms with Crippen molar-refractivity contribution < 1.29 is 5.76 Å². The van der Waals surface area contributed by atoms with Gasteiger partial charge in [0.05, 0.1) is 47.5 Å². The van der Waals surface area contributed by atoms with Gasteiger partial charge in [-0.1, -0.05) is 80.1 Å². The molecule has 42 heavy (non-hydrogen) atoms. The van der Waals surface area contributed by atoms with Gasteiger partial charge in [0.1, 0.15) is 17.6 Å². The molecule has 1 fully saturated rings. The van der Waals surface area contributed by atoms with Gasteiger partial charge in [-0.3, -0.25) is 4.98 Å². The molecule has 0 spiro atoms. The maximum atomic E-state index is 13.9. The molecular formula is C33H31ClFN7. The zero-order valence-electron chi connectivity index (χ0n) is 24.6. The molecule has 1 aliphatic rings. The van der Waals surface area contributed by atoms with Crippen molar-refractivity contribution in [1.82, 2.24) is 20.0 Å². The summed E-state index contributed by atoms with van der Waals surface area (Å²) in [4.78, 5) is 4.51. The van der Waals surface area contributed by atoms with Gasteiger partial charge in [-0.15, -0.1) is 5.10 Å². The van der Waals surface area contributed by atoms with E-state index in [4.69, 9.17) is 11.6 Å². The first-order valence-electron chi connectivity index (χ1n) is 14.4. The van der Waals surface area contributed by atoms with E-state index in [2.05, 4.69) is 64.9 Å². The number of halogens is 2. The van der Waals surface area contributed by atoms with Gasteiger partial charge in [0.2, 0.25) is 0 Å². The quantitative estimate of drug-likeness (QED) is 0.192. The summed E-state index contributed by atoms with van der Waals surface area (Å²) in [5, 5.41) is 26.6.